The molecule has 38 heavy (non-hydrogen) atoms. The fourth-order valence-corrected chi connectivity index (χ4v) is 9.39. The van der Waals surface area contributed by atoms with Crippen LogP contribution in [-0.2, 0) is 16.6 Å². The Morgan fingerprint density at radius 2 is 1.97 bits per heavy atom. The molecule has 6 atom stereocenters. The number of anilines is 1. The summed E-state index contributed by atoms with van der Waals surface area (Å²) in [5, 5.41) is 21.8. The Bertz CT molecular complexity index is 1410. The zero-order valence-corrected chi connectivity index (χ0v) is 21.9. The summed E-state index contributed by atoms with van der Waals surface area (Å²) in [6.45, 7) is 6.92. The van der Waals surface area contributed by atoms with Crippen molar-refractivity contribution in [3.05, 3.63) is 56.4 Å². The van der Waals surface area contributed by atoms with Crippen molar-refractivity contribution in [3.8, 4) is 6.07 Å². The van der Waals surface area contributed by atoms with Gasteiger partial charge in [0.1, 0.15) is 11.6 Å². The molecule has 2 aromatic rings. The van der Waals surface area contributed by atoms with Gasteiger partial charge in [-0.25, -0.2) is 9.97 Å². The van der Waals surface area contributed by atoms with E-state index in [1.165, 1.54) is 12.8 Å². The maximum absolute atomic E-state index is 11.9. The molecule has 3 aliphatic heterocycles. The van der Waals surface area contributed by atoms with E-state index in [0.717, 1.165) is 79.7 Å². The van der Waals surface area contributed by atoms with Crippen LogP contribution in [0.15, 0.2) is 18.2 Å². The van der Waals surface area contributed by atoms with E-state index >= 15 is 0 Å². The maximum atomic E-state index is 11.9. The number of ether oxygens (including phenoxy) is 1. The second kappa shape index (κ2) is 7.51. The average Bonchev–Trinajstić information content (AvgIpc) is 3.57. The van der Waals surface area contributed by atoms with Crippen LogP contribution in [0.4, 0.5) is 11.6 Å². The van der Waals surface area contributed by atoms with Crippen LogP contribution >= 0.6 is 0 Å². The smallest absolute Gasteiger partial charge is 0.287 e. The molecule has 8 rings (SSSR count). The highest BCUT2D eigenvalue weighted by molar-refractivity contribution is 5.60. The van der Waals surface area contributed by atoms with Crippen molar-refractivity contribution in [3.63, 3.8) is 0 Å². The Kier molecular flexibility index (Phi) is 4.52. The number of aromatic nitrogens is 2. The molecule has 1 aromatic heterocycles. The second-order valence-electron chi connectivity index (χ2n) is 12.6. The summed E-state index contributed by atoms with van der Waals surface area (Å²) < 4.78 is 7.32. The molecule has 196 valence electrons. The van der Waals surface area contributed by atoms with Gasteiger partial charge in [-0.05, 0) is 88.1 Å². The summed E-state index contributed by atoms with van der Waals surface area (Å²) in [5.41, 5.74) is 3.66. The Balaban J connectivity index is 1.30. The van der Waals surface area contributed by atoms with Crippen LogP contribution in [0.5, 0.6) is 0 Å². The van der Waals surface area contributed by atoms with Crippen LogP contribution in [0, 0.1) is 47.1 Å². The molecule has 4 bridgehead atoms. The van der Waals surface area contributed by atoms with Crippen LogP contribution < -0.4 is 4.90 Å². The van der Waals surface area contributed by atoms with Crippen molar-refractivity contribution in [2.45, 2.75) is 81.6 Å². The summed E-state index contributed by atoms with van der Waals surface area (Å²) in [5.74, 6) is 1.80. The minimum absolute atomic E-state index is 0.0574. The number of hydrogen-bond acceptors (Lipinski definition) is 8. The number of benzene rings is 1. The Labute approximate surface area is 222 Å². The largest absolute Gasteiger partial charge is 0.367 e. The van der Waals surface area contributed by atoms with Gasteiger partial charge in [-0.2, -0.15) is 5.26 Å². The zero-order chi connectivity index (χ0) is 26.0. The minimum atomic E-state index is -0.395. The number of aryl methyl sites for hydroxylation is 2. The van der Waals surface area contributed by atoms with Gasteiger partial charge < -0.3 is 9.64 Å². The molecule has 3 aliphatic carbocycles. The number of fused-ring (bicyclic) bond motifs is 1. The first-order valence-electron chi connectivity index (χ1n) is 14.1. The lowest BCUT2D eigenvalue weighted by atomic mass is 9.46. The van der Waals surface area contributed by atoms with Crippen molar-refractivity contribution < 1.29 is 9.66 Å². The summed E-state index contributed by atoms with van der Waals surface area (Å²) in [6, 6.07) is 8.21. The van der Waals surface area contributed by atoms with E-state index in [1.807, 2.05) is 26.0 Å². The van der Waals surface area contributed by atoms with Gasteiger partial charge >= 0.3 is 0 Å². The highest BCUT2D eigenvalue weighted by atomic mass is 16.6. The van der Waals surface area contributed by atoms with Gasteiger partial charge in [0.15, 0.2) is 0 Å². The molecule has 3 saturated heterocycles. The van der Waals surface area contributed by atoms with Crippen LogP contribution in [0.1, 0.15) is 60.2 Å². The predicted octanol–water partition coefficient (Wildman–Crippen LogP) is 3.59. The van der Waals surface area contributed by atoms with E-state index in [2.05, 4.69) is 15.9 Å². The lowest BCUT2D eigenvalue weighted by molar-refractivity contribution is -0.385. The average molecular weight is 513 g/mol. The molecule has 9 heteroatoms. The molecule has 1 aromatic carbocycles. The van der Waals surface area contributed by atoms with Gasteiger partial charge in [-0.15, -0.1) is 0 Å². The van der Waals surface area contributed by atoms with Crippen molar-refractivity contribution >= 4 is 11.6 Å². The molecular weight excluding hydrogens is 480 g/mol. The summed E-state index contributed by atoms with van der Waals surface area (Å²) in [7, 11) is 0. The molecule has 0 spiro atoms. The zero-order valence-electron chi connectivity index (χ0n) is 21.9. The number of likely N-dealkylation sites (tertiary alicyclic amines) is 1. The fourth-order valence-electron chi connectivity index (χ4n) is 9.39. The molecular formula is C29H32N6O3. The third kappa shape index (κ3) is 2.77. The van der Waals surface area contributed by atoms with Gasteiger partial charge in [0, 0.05) is 54.0 Å². The predicted molar refractivity (Wildman–Crippen MR) is 139 cm³/mol. The summed E-state index contributed by atoms with van der Waals surface area (Å²) >= 11 is 0. The van der Waals surface area contributed by atoms with Crippen LogP contribution in [0.3, 0.4) is 0 Å². The molecule has 4 heterocycles. The molecule has 2 saturated carbocycles. The van der Waals surface area contributed by atoms with E-state index in [1.54, 1.807) is 6.07 Å². The van der Waals surface area contributed by atoms with Gasteiger partial charge in [0.2, 0.25) is 5.95 Å². The van der Waals surface area contributed by atoms with E-state index in [-0.39, 0.29) is 46.4 Å². The highest BCUT2D eigenvalue weighted by Gasteiger charge is 2.78. The summed E-state index contributed by atoms with van der Waals surface area (Å²) in [4.78, 5) is 26.2. The third-order valence-electron chi connectivity index (χ3n) is 10.7. The number of nitrogens with zero attached hydrogens (tertiary/aromatic N) is 6. The third-order valence-corrected chi connectivity index (χ3v) is 10.7. The minimum Gasteiger partial charge on any atom is -0.367 e. The first-order chi connectivity index (χ1) is 18.3. The number of hydrogen-bond donors (Lipinski definition) is 0. The first kappa shape index (κ1) is 22.9. The molecule has 5 unspecified atom stereocenters. The maximum Gasteiger partial charge on any atom is 0.287 e. The molecule has 0 amide bonds. The number of piperidine rings is 1. The van der Waals surface area contributed by atoms with E-state index in [0.29, 0.717) is 0 Å². The Hall–Kier alpha value is -3.09. The number of rotatable bonds is 4. The van der Waals surface area contributed by atoms with Crippen LogP contribution in [-0.4, -0.2) is 63.2 Å². The monoisotopic (exact) mass is 512 g/mol. The number of nitro groups is 1. The number of nitriles is 1. The van der Waals surface area contributed by atoms with Gasteiger partial charge in [0.05, 0.1) is 16.6 Å². The Morgan fingerprint density at radius 3 is 2.68 bits per heavy atom. The lowest BCUT2D eigenvalue weighted by Gasteiger charge is -2.64. The molecule has 0 N–H and O–H groups in total. The van der Waals surface area contributed by atoms with Crippen LogP contribution in [0.2, 0.25) is 0 Å². The topological polar surface area (TPSA) is 108 Å². The van der Waals surface area contributed by atoms with Crippen molar-refractivity contribution in [1.29, 1.82) is 5.26 Å². The van der Waals surface area contributed by atoms with Crippen LogP contribution in [0.25, 0.3) is 0 Å². The standard InChI is InChI=1S/C29H32N6O3/c1-16-9-17(2)32-27(31-16)34-15-24-26-22(34)5-6-29(38-24)25-12-19-11-23(35(36)37)20(13-30)10-21(19)28(26,29)7-8-33(25)14-18-3-4-18/h9-11,18,22,24-26H,3-8,12,14-15H2,1-2H3/t22?,24-,25?,26?,28?,29?/m1/s1. The second-order valence-corrected chi connectivity index (χ2v) is 12.6. The molecule has 9 nitrogen and oxygen atoms in total. The van der Waals surface area contributed by atoms with Gasteiger partial charge in [-0.1, -0.05) is 0 Å². The van der Waals surface area contributed by atoms with E-state index < -0.39 is 4.92 Å². The van der Waals surface area contributed by atoms with Crippen molar-refractivity contribution in [2.75, 3.05) is 24.5 Å². The molecule has 0 radical (unpaired) electrons. The van der Waals surface area contributed by atoms with E-state index in [4.69, 9.17) is 14.7 Å². The van der Waals surface area contributed by atoms with Gasteiger partial charge in [-0.3, -0.25) is 15.0 Å². The quantitative estimate of drug-likeness (QED) is 0.452. The highest BCUT2D eigenvalue weighted by Crippen LogP contribution is 2.70. The van der Waals surface area contributed by atoms with Gasteiger partial charge in [0.25, 0.3) is 5.69 Å². The van der Waals surface area contributed by atoms with Crippen molar-refractivity contribution in [1.82, 2.24) is 14.9 Å². The Morgan fingerprint density at radius 1 is 1.18 bits per heavy atom. The van der Waals surface area contributed by atoms with E-state index in [9.17, 15) is 15.4 Å². The van der Waals surface area contributed by atoms with Crippen molar-refractivity contribution in [2.24, 2.45) is 11.8 Å². The number of nitro benzene ring substituents is 1. The first-order valence-corrected chi connectivity index (χ1v) is 14.1. The normalized spacial score (nSPS) is 36.5. The fraction of sp³-hybridized carbons (Fsp3) is 0.621. The lowest BCUT2D eigenvalue weighted by Crippen LogP contribution is -2.74. The SMILES string of the molecule is Cc1cc(C)nc(N2C[C@H]3OC45CCC2C3C42CCN(CC3CC3)C5Cc3cc([N+](=O)[O-])c(C#N)cc32)n1. The molecule has 6 aliphatic rings. The molecule has 5 fully saturated rings. The summed E-state index contributed by atoms with van der Waals surface area (Å²) in [6.07, 6.45) is 6.36.